The number of nitrogens with one attached hydrogen (secondary N) is 2. The van der Waals surface area contributed by atoms with Crippen LogP contribution in [-0.2, 0) is 9.53 Å². The molecule has 0 spiro atoms. The minimum absolute atomic E-state index is 0. The summed E-state index contributed by atoms with van der Waals surface area (Å²) >= 11 is 0. The monoisotopic (exact) mass is 453 g/mol. The number of carbonyl (C=O) groups excluding carboxylic acids is 1. The first-order chi connectivity index (χ1) is 11.3. The predicted octanol–water partition coefficient (Wildman–Crippen LogP) is 3.86. The van der Waals surface area contributed by atoms with Gasteiger partial charge in [-0.05, 0) is 31.6 Å². The van der Waals surface area contributed by atoms with Crippen LogP contribution in [0.4, 0.5) is 0 Å². The molecule has 0 saturated heterocycles. The van der Waals surface area contributed by atoms with E-state index in [2.05, 4.69) is 20.4 Å². The third-order valence-corrected chi connectivity index (χ3v) is 4.61. The molecule has 1 saturated carbocycles. The van der Waals surface area contributed by atoms with E-state index in [1.54, 1.807) is 0 Å². The van der Waals surface area contributed by atoms with Crippen molar-refractivity contribution in [3.05, 3.63) is 0 Å². The van der Waals surface area contributed by atoms with E-state index in [4.69, 9.17) is 0 Å². The van der Waals surface area contributed by atoms with Gasteiger partial charge in [0.1, 0.15) is 0 Å². The smallest absolute Gasteiger partial charge is 0.305 e. The van der Waals surface area contributed by atoms with E-state index in [0.717, 1.165) is 50.7 Å². The summed E-state index contributed by atoms with van der Waals surface area (Å²) in [7, 11) is 3.27. The Balaban J connectivity index is 0.00000529. The van der Waals surface area contributed by atoms with E-state index < -0.39 is 0 Å². The molecule has 24 heavy (non-hydrogen) atoms. The van der Waals surface area contributed by atoms with Gasteiger partial charge in [-0.15, -0.1) is 24.0 Å². The lowest BCUT2D eigenvalue weighted by atomic mass is 10.0. The molecule has 0 radical (unpaired) electrons. The van der Waals surface area contributed by atoms with E-state index >= 15 is 0 Å². The molecule has 0 aromatic carbocycles. The van der Waals surface area contributed by atoms with Crippen molar-refractivity contribution < 1.29 is 9.53 Å². The predicted molar refractivity (Wildman–Crippen MR) is 111 cm³/mol. The molecule has 1 aliphatic carbocycles. The minimum atomic E-state index is -0.106. The van der Waals surface area contributed by atoms with Gasteiger partial charge in [0.2, 0.25) is 0 Å². The Kier molecular flexibility index (Phi) is 15.6. The molecule has 5 nitrogen and oxygen atoms in total. The van der Waals surface area contributed by atoms with Crippen LogP contribution in [0, 0.1) is 5.92 Å². The fourth-order valence-electron chi connectivity index (χ4n) is 3.17. The maximum absolute atomic E-state index is 11.0. The lowest BCUT2D eigenvalue weighted by Gasteiger charge is -2.13. The number of ether oxygens (including phenoxy) is 1. The Morgan fingerprint density at radius 2 is 1.67 bits per heavy atom. The molecule has 142 valence electrons. The second-order valence-corrected chi connectivity index (χ2v) is 6.46. The average Bonchev–Trinajstić information content (AvgIpc) is 3.08. The van der Waals surface area contributed by atoms with Crippen LogP contribution in [0.2, 0.25) is 0 Å². The molecule has 1 fully saturated rings. The van der Waals surface area contributed by atoms with Crippen molar-refractivity contribution in [2.24, 2.45) is 10.9 Å². The number of unbranched alkanes of at least 4 members (excludes halogenated alkanes) is 3. The fourth-order valence-corrected chi connectivity index (χ4v) is 3.17. The molecule has 0 amide bonds. The van der Waals surface area contributed by atoms with Gasteiger partial charge in [0.15, 0.2) is 5.96 Å². The number of rotatable bonds is 11. The largest absolute Gasteiger partial charge is 0.469 e. The summed E-state index contributed by atoms with van der Waals surface area (Å²) in [5.74, 6) is 1.77. The van der Waals surface area contributed by atoms with Crippen molar-refractivity contribution in [2.45, 2.75) is 70.6 Å². The molecule has 6 heteroatoms. The number of methoxy groups -OCH3 is 1. The van der Waals surface area contributed by atoms with Crippen molar-refractivity contribution in [1.82, 2.24) is 10.6 Å². The Morgan fingerprint density at radius 1 is 1.04 bits per heavy atom. The van der Waals surface area contributed by atoms with Gasteiger partial charge in [-0.25, -0.2) is 0 Å². The molecule has 0 unspecified atom stereocenters. The normalized spacial score (nSPS) is 15.0. The highest BCUT2D eigenvalue weighted by atomic mass is 127. The minimum Gasteiger partial charge on any atom is -0.469 e. The number of hydrogen-bond acceptors (Lipinski definition) is 3. The molecule has 0 aromatic heterocycles. The number of carbonyl (C=O) groups is 1. The zero-order valence-corrected chi connectivity index (χ0v) is 17.8. The number of guanidine groups is 1. The van der Waals surface area contributed by atoms with Crippen molar-refractivity contribution in [1.29, 1.82) is 0 Å². The first kappa shape index (κ1) is 23.5. The Morgan fingerprint density at radius 3 is 2.29 bits per heavy atom. The third-order valence-electron chi connectivity index (χ3n) is 4.61. The first-order valence-electron chi connectivity index (χ1n) is 9.27. The molecule has 0 atom stereocenters. The van der Waals surface area contributed by atoms with Gasteiger partial charge in [0.25, 0.3) is 0 Å². The van der Waals surface area contributed by atoms with Crippen LogP contribution in [-0.4, -0.2) is 39.2 Å². The van der Waals surface area contributed by atoms with Gasteiger partial charge in [0, 0.05) is 26.6 Å². The summed E-state index contributed by atoms with van der Waals surface area (Å²) in [5, 5.41) is 6.75. The summed E-state index contributed by atoms with van der Waals surface area (Å²) < 4.78 is 4.63. The first-order valence-corrected chi connectivity index (χ1v) is 9.27. The zero-order chi connectivity index (χ0) is 16.8. The molecule has 2 N–H and O–H groups in total. The van der Waals surface area contributed by atoms with E-state index in [1.807, 2.05) is 7.05 Å². The summed E-state index contributed by atoms with van der Waals surface area (Å²) in [5.41, 5.74) is 0. The van der Waals surface area contributed by atoms with Crippen molar-refractivity contribution in [3.63, 3.8) is 0 Å². The van der Waals surface area contributed by atoms with Crippen LogP contribution < -0.4 is 10.6 Å². The molecule has 0 heterocycles. The van der Waals surface area contributed by atoms with Crippen LogP contribution in [0.5, 0.6) is 0 Å². The highest BCUT2D eigenvalue weighted by molar-refractivity contribution is 14.0. The second kappa shape index (κ2) is 16.0. The van der Waals surface area contributed by atoms with Gasteiger partial charge < -0.3 is 15.4 Å². The number of halogens is 1. The number of aliphatic imine (C=N–C) groups is 1. The third kappa shape index (κ3) is 11.9. The molecule has 0 bridgehead atoms. The van der Waals surface area contributed by atoms with E-state index in [1.165, 1.54) is 45.6 Å². The van der Waals surface area contributed by atoms with Crippen LogP contribution in [0.1, 0.15) is 70.6 Å². The van der Waals surface area contributed by atoms with Crippen molar-refractivity contribution in [3.8, 4) is 0 Å². The lowest BCUT2D eigenvalue weighted by molar-refractivity contribution is -0.140. The quantitative estimate of drug-likeness (QED) is 0.164. The van der Waals surface area contributed by atoms with Gasteiger partial charge in [-0.1, -0.05) is 38.5 Å². The van der Waals surface area contributed by atoms with Gasteiger partial charge in [-0.2, -0.15) is 0 Å². The highest BCUT2D eigenvalue weighted by Crippen LogP contribution is 2.28. The van der Waals surface area contributed by atoms with Crippen LogP contribution in [0.15, 0.2) is 4.99 Å². The molecule has 0 aliphatic heterocycles. The molecule has 1 aliphatic rings. The summed E-state index contributed by atoms with van der Waals surface area (Å²) in [6.07, 6.45) is 13.1. The number of esters is 1. The maximum Gasteiger partial charge on any atom is 0.305 e. The van der Waals surface area contributed by atoms with Crippen molar-refractivity contribution >= 4 is 35.9 Å². The van der Waals surface area contributed by atoms with Crippen molar-refractivity contribution in [2.75, 3.05) is 27.2 Å². The summed E-state index contributed by atoms with van der Waals surface area (Å²) in [4.78, 5) is 15.2. The van der Waals surface area contributed by atoms with E-state index in [-0.39, 0.29) is 29.9 Å². The molecular weight excluding hydrogens is 417 g/mol. The second-order valence-electron chi connectivity index (χ2n) is 6.46. The Hall–Kier alpha value is -0.530. The molecular formula is C18H36IN3O2. The number of hydrogen-bond donors (Lipinski definition) is 2. The number of nitrogens with zero attached hydrogens (tertiary/aromatic N) is 1. The van der Waals surface area contributed by atoms with E-state index in [9.17, 15) is 4.79 Å². The van der Waals surface area contributed by atoms with Crippen LogP contribution in [0.3, 0.4) is 0 Å². The van der Waals surface area contributed by atoms with Gasteiger partial charge in [-0.3, -0.25) is 9.79 Å². The topological polar surface area (TPSA) is 62.7 Å². The molecule has 0 aromatic rings. The summed E-state index contributed by atoms with van der Waals surface area (Å²) in [6, 6.07) is 0. The van der Waals surface area contributed by atoms with Crippen LogP contribution in [0.25, 0.3) is 0 Å². The SMILES string of the molecule is CN=C(NCCCCCCC(=O)OC)NCCCC1CCCC1.I. The van der Waals surface area contributed by atoms with Crippen LogP contribution >= 0.6 is 24.0 Å². The standard InChI is InChI=1S/C18H35N3O2.HI/c1-19-18(21-15-9-12-16-10-6-7-11-16)20-14-8-4-3-5-13-17(22)23-2;/h16H,3-15H2,1-2H3,(H2,19,20,21);1H. The average molecular weight is 453 g/mol. The van der Waals surface area contributed by atoms with Gasteiger partial charge in [0.05, 0.1) is 7.11 Å². The highest BCUT2D eigenvalue weighted by Gasteiger charge is 2.13. The fraction of sp³-hybridized carbons (Fsp3) is 0.889. The van der Waals surface area contributed by atoms with Gasteiger partial charge >= 0.3 is 5.97 Å². The maximum atomic E-state index is 11.0. The lowest BCUT2D eigenvalue weighted by Crippen LogP contribution is -2.38. The van der Waals surface area contributed by atoms with E-state index in [0.29, 0.717) is 6.42 Å². The zero-order valence-electron chi connectivity index (χ0n) is 15.4. The summed E-state index contributed by atoms with van der Waals surface area (Å²) in [6.45, 7) is 1.94. The Bertz CT molecular complexity index is 345. The molecule has 1 rings (SSSR count). The Labute approximate surface area is 164 Å².